The van der Waals surface area contributed by atoms with E-state index in [1.54, 1.807) is 0 Å². The first-order valence-electron chi connectivity index (χ1n) is 5.92. The van der Waals surface area contributed by atoms with Crippen molar-refractivity contribution in [3.8, 4) is 0 Å². The van der Waals surface area contributed by atoms with Gasteiger partial charge in [0.1, 0.15) is 6.10 Å². The lowest BCUT2D eigenvalue weighted by Crippen LogP contribution is -2.57. The second kappa shape index (κ2) is 5.12. The van der Waals surface area contributed by atoms with Crippen molar-refractivity contribution >= 4 is 5.91 Å². The predicted octanol–water partition coefficient (Wildman–Crippen LogP) is -0.340. The minimum atomic E-state index is -0.354. The quantitative estimate of drug-likeness (QED) is 0.679. The first kappa shape index (κ1) is 11.8. The number of amides is 1. The smallest absolute Gasteiger partial charge is 0.250 e. The fourth-order valence-electron chi connectivity index (χ4n) is 2.14. The summed E-state index contributed by atoms with van der Waals surface area (Å²) in [5, 5.41) is 6.18. The predicted molar refractivity (Wildman–Crippen MR) is 59.2 cm³/mol. The van der Waals surface area contributed by atoms with Crippen molar-refractivity contribution in [1.82, 2.24) is 10.6 Å². The number of carbonyl (C=O) groups is 1. The van der Waals surface area contributed by atoms with Gasteiger partial charge in [-0.05, 0) is 19.8 Å². The molecule has 0 spiro atoms. The summed E-state index contributed by atoms with van der Waals surface area (Å²) in [5.74, 6) is -0.0276. The van der Waals surface area contributed by atoms with E-state index in [9.17, 15) is 4.79 Å². The van der Waals surface area contributed by atoms with E-state index < -0.39 is 0 Å². The Bertz CT molecular complexity index is 246. The van der Waals surface area contributed by atoms with E-state index in [1.165, 1.54) is 0 Å². The van der Waals surface area contributed by atoms with Gasteiger partial charge in [0, 0.05) is 19.7 Å². The van der Waals surface area contributed by atoms with Gasteiger partial charge in [-0.3, -0.25) is 4.79 Å². The highest BCUT2D eigenvalue weighted by molar-refractivity contribution is 5.81. The third-order valence-corrected chi connectivity index (χ3v) is 3.08. The normalized spacial score (nSPS) is 35.7. The van der Waals surface area contributed by atoms with Gasteiger partial charge in [0.15, 0.2) is 0 Å². The fourth-order valence-corrected chi connectivity index (χ4v) is 2.14. The van der Waals surface area contributed by atoms with Crippen LogP contribution in [0.3, 0.4) is 0 Å². The van der Waals surface area contributed by atoms with Crippen LogP contribution in [-0.4, -0.2) is 50.5 Å². The largest absolute Gasteiger partial charge is 0.379 e. The van der Waals surface area contributed by atoms with Crippen LogP contribution in [0.4, 0.5) is 0 Å². The molecule has 2 saturated heterocycles. The van der Waals surface area contributed by atoms with Crippen molar-refractivity contribution in [3.05, 3.63) is 0 Å². The molecule has 0 aromatic heterocycles. The zero-order chi connectivity index (χ0) is 11.4. The topological polar surface area (TPSA) is 59.6 Å². The molecule has 2 heterocycles. The van der Waals surface area contributed by atoms with Crippen LogP contribution < -0.4 is 10.6 Å². The molecule has 2 unspecified atom stereocenters. The average molecular weight is 228 g/mol. The van der Waals surface area contributed by atoms with E-state index in [0.29, 0.717) is 19.8 Å². The summed E-state index contributed by atoms with van der Waals surface area (Å²) >= 11 is 0. The average Bonchev–Trinajstić information content (AvgIpc) is 2.30. The summed E-state index contributed by atoms with van der Waals surface area (Å²) in [6, 6.07) is 0. The number of carbonyl (C=O) groups excluding carboxylic acids is 1. The Kier molecular flexibility index (Phi) is 3.78. The van der Waals surface area contributed by atoms with Gasteiger partial charge in [-0.2, -0.15) is 0 Å². The summed E-state index contributed by atoms with van der Waals surface area (Å²) in [5.41, 5.74) is -0.226. The molecule has 2 aliphatic heterocycles. The molecule has 92 valence electrons. The lowest BCUT2D eigenvalue weighted by molar-refractivity contribution is -0.137. The van der Waals surface area contributed by atoms with E-state index in [4.69, 9.17) is 9.47 Å². The lowest BCUT2D eigenvalue weighted by atomic mass is 9.94. The maximum Gasteiger partial charge on any atom is 0.250 e. The number of hydrogen-bond acceptors (Lipinski definition) is 4. The van der Waals surface area contributed by atoms with Crippen molar-refractivity contribution in [2.24, 2.45) is 0 Å². The molecule has 1 amide bonds. The zero-order valence-electron chi connectivity index (χ0n) is 9.75. The standard InChI is InChI=1S/C11H20N2O3/c1-11(3-2-5-15-8-11)13-10(14)9-7-12-4-6-16-9/h9,12H,2-8H2,1H3,(H,13,14). The minimum absolute atomic E-state index is 0.0276. The van der Waals surface area contributed by atoms with E-state index in [0.717, 1.165) is 26.0 Å². The summed E-state index contributed by atoms with van der Waals surface area (Å²) in [6.45, 7) is 5.45. The first-order valence-corrected chi connectivity index (χ1v) is 5.92. The second-order valence-electron chi connectivity index (χ2n) is 4.77. The van der Waals surface area contributed by atoms with Gasteiger partial charge in [-0.15, -0.1) is 0 Å². The third kappa shape index (κ3) is 2.93. The molecule has 0 aromatic rings. The second-order valence-corrected chi connectivity index (χ2v) is 4.77. The Balaban J connectivity index is 1.85. The Morgan fingerprint density at radius 3 is 3.00 bits per heavy atom. The monoisotopic (exact) mass is 228 g/mol. The van der Waals surface area contributed by atoms with Gasteiger partial charge >= 0.3 is 0 Å². The Hall–Kier alpha value is -0.650. The highest BCUT2D eigenvalue weighted by Crippen LogP contribution is 2.18. The molecule has 5 nitrogen and oxygen atoms in total. The molecule has 2 atom stereocenters. The van der Waals surface area contributed by atoms with Gasteiger partial charge < -0.3 is 20.1 Å². The molecule has 16 heavy (non-hydrogen) atoms. The number of morpholine rings is 1. The molecule has 2 N–H and O–H groups in total. The van der Waals surface area contributed by atoms with Crippen molar-refractivity contribution < 1.29 is 14.3 Å². The van der Waals surface area contributed by atoms with Crippen LogP contribution in [0, 0.1) is 0 Å². The van der Waals surface area contributed by atoms with Crippen molar-refractivity contribution in [1.29, 1.82) is 0 Å². The molecular weight excluding hydrogens is 208 g/mol. The molecule has 0 radical (unpaired) electrons. The summed E-state index contributed by atoms with van der Waals surface area (Å²) < 4.78 is 10.8. The highest BCUT2D eigenvalue weighted by atomic mass is 16.5. The van der Waals surface area contributed by atoms with E-state index in [2.05, 4.69) is 10.6 Å². The van der Waals surface area contributed by atoms with Crippen LogP contribution in [-0.2, 0) is 14.3 Å². The minimum Gasteiger partial charge on any atom is -0.379 e. The van der Waals surface area contributed by atoms with Crippen LogP contribution in [0.15, 0.2) is 0 Å². The summed E-state index contributed by atoms with van der Waals surface area (Å²) in [4.78, 5) is 11.9. The maximum absolute atomic E-state index is 11.9. The van der Waals surface area contributed by atoms with Crippen LogP contribution >= 0.6 is 0 Å². The van der Waals surface area contributed by atoms with E-state index in [-0.39, 0.29) is 17.6 Å². The Morgan fingerprint density at radius 1 is 1.50 bits per heavy atom. The Labute approximate surface area is 95.9 Å². The van der Waals surface area contributed by atoms with Crippen molar-refractivity contribution in [2.45, 2.75) is 31.4 Å². The third-order valence-electron chi connectivity index (χ3n) is 3.08. The number of hydrogen-bond donors (Lipinski definition) is 2. The number of ether oxygens (including phenoxy) is 2. The van der Waals surface area contributed by atoms with Gasteiger partial charge in [0.05, 0.1) is 18.8 Å². The molecular formula is C11H20N2O3. The highest BCUT2D eigenvalue weighted by Gasteiger charge is 2.32. The van der Waals surface area contributed by atoms with Crippen LogP contribution in [0.25, 0.3) is 0 Å². The van der Waals surface area contributed by atoms with Crippen LogP contribution in [0.5, 0.6) is 0 Å². The molecule has 2 rings (SSSR count). The first-order chi connectivity index (χ1) is 7.70. The summed E-state index contributed by atoms with van der Waals surface area (Å²) in [7, 11) is 0. The molecule has 0 bridgehead atoms. The molecule has 5 heteroatoms. The van der Waals surface area contributed by atoms with Crippen molar-refractivity contribution in [2.75, 3.05) is 32.9 Å². The molecule has 0 saturated carbocycles. The van der Waals surface area contributed by atoms with Gasteiger partial charge in [0.2, 0.25) is 0 Å². The lowest BCUT2D eigenvalue weighted by Gasteiger charge is -2.36. The van der Waals surface area contributed by atoms with E-state index in [1.807, 2.05) is 6.92 Å². The molecule has 2 fully saturated rings. The number of nitrogens with one attached hydrogen (secondary N) is 2. The SMILES string of the molecule is CC1(NC(=O)C2CNCCO2)CCCOC1. The van der Waals surface area contributed by atoms with E-state index >= 15 is 0 Å². The maximum atomic E-state index is 11.9. The fraction of sp³-hybridized carbons (Fsp3) is 0.909. The summed E-state index contributed by atoms with van der Waals surface area (Å²) in [6.07, 6.45) is 1.62. The van der Waals surface area contributed by atoms with Gasteiger partial charge in [0.25, 0.3) is 5.91 Å². The van der Waals surface area contributed by atoms with Gasteiger partial charge in [-0.1, -0.05) is 0 Å². The number of rotatable bonds is 2. The van der Waals surface area contributed by atoms with Crippen molar-refractivity contribution in [3.63, 3.8) is 0 Å². The zero-order valence-corrected chi connectivity index (χ0v) is 9.75. The molecule has 2 aliphatic rings. The van der Waals surface area contributed by atoms with Crippen LogP contribution in [0.2, 0.25) is 0 Å². The Morgan fingerprint density at radius 2 is 2.38 bits per heavy atom. The van der Waals surface area contributed by atoms with Crippen LogP contribution in [0.1, 0.15) is 19.8 Å². The molecule has 0 aliphatic carbocycles. The van der Waals surface area contributed by atoms with Gasteiger partial charge in [-0.25, -0.2) is 0 Å². The molecule has 0 aromatic carbocycles.